The smallest absolute Gasteiger partial charge is 0.407 e. The van der Waals surface area contributed by atoms with Gasteiger partial charge in [0.25, 0.3) is 11.8 Å². The maximum atomic E-state index is 13.3. The first kappa shape index (κ1) is 36.3. The zero-order chi connectivity index (χ0) is 32.9. The number of carbonyl (C=O) groups is 4. The molecule has 10 nitrogen and oxygen atoms in total. The van der Waals surface area contributed by atoms with Crippen molar-refractivity contribution in [3.05, 3.63) is 35.4 Å². The first-order valence-corrected chi connectivity index (χ1v) is 17.4. The molecule has 0 aromatic heterocycles. The number of fused-ring (bicyclic) bond motifs is 1. The molecule has 2 rings (SSSR count). The van der Waals surface area contributed by atoms with E-state index >= 15 is 0 Å². The van der Waals surface area contributed by atoms with Crippen molar-refractivity contribution >= 4 is 32.3 Å². The van der Waals surface area contributed by atoms with E-state index < -0.39 is 55.7 Å². The van der Waals surface area contributed by atoms with Gasteiger partial charge in [-0.3, -0.25) is 14.5 Å². The van der Waals surface area contributed by atoms with Crippen molar-refractivity contribution in [2.75, 3.05) is 13.1 Å². The molecule has 1 heterocycles. The molecule has 2 atom stereocenters. The minimum Gasteiger partial charge on any atom is -0.444 e. The third-order valence-corrected chi connectivity index (χ3v) is 13.7. The Balaban J connectivity index is 2.46. The quantitative estimate of drug-likeness (QED) is 0.198. The van der Waals surface area contributed by atoms with Gasteiger partial charge in [-0.15, -0.1) is 0 Å². The van der Waals surface area contributed by atoms with Crippen LogP contribution in [-0.2, 0) is 13.9 Å². The molecule has 0 saturated heterocycles. The largest absolute Gasteiger partial charge is 0.444 e. The minimum absolute atomic E-state index is 0.0858. The molecule has 0 saturated carbocycles. The van der Waals surface area contributed by atoms with Gasteiger partial charge in [-0.1, -0.05) is 53.7 Å². The van der Waals surface area contributed by atoms with Gasteiger partial charge in [0.15, 0.2) is 0 Å². The molecular formula is C32H53N3O7Si. The predicted molar refractivity (Wildman–Crippen MR) is 170 cm³/mol. The topological polar surface area (TPSA) is 123 Å². The van der Waals surface area contributed by atoms with Crippen molar-refractivity contribution in [3.8, 4) is 0 Å². The van der Waals surface area contributed by atoms with Crippen molar-refractivity contribution in [1.29, 1.82) is 0 Å². The van der Waals surface area contributed by atoms with Crippen LogP contribution in [0, 0.1) is 0 Å². The molecule has 43 heavy (non-hydrogen) atoms. The average molecular weight is 620 g/mol. The molecule has 0 radical (unpaired) electrons. The standard InChI is InChI=1S/C32H53N3O7Si/c1-20(2)43(21(3)4,22(5)6)42-24(18-33-29(38)40-31(7,8)9)17-23(34-30(39)41-32(10,11)12)19-35-27(36)25-15-13-14-16-26(25)28(35)37/h13-16,20-24H,17-19H2,1-12H3,(H,33,38)(H,34,39)/t23-,24?/m0/s1. The number of hydrogen-bond acceptors (Lipinski definition) is 7. The highest BCUT2D eigenvalue weighted by Gasteiger charge is 2.47. The van der Waals surface area contributed by atoms with Gasteiger partial charge in [0.05, 0.1) is 23.3 Å². The zero-order valence-corrected chi connectivity index (χ0v) is 29.1. The summed E-state index contributed by atoms with van der Waals surface area (Å²) in [5.74, 6) is -0.840. The summed E-state index contributed by atoms with van der Waals surface area (Å²) >= 11 is 0. The highest BCUT2D eigenvalue weighted by atomic mass is 28.4. The van der Waals surface area contributed by atoms with E-state index in [2.05, 4.69) is 52.2 Å². The van der Waals surface area contributed by atoms with Crippen LogP contribution in [0.15, 0.2) is 24.3 Å². The lowest BCUT2D eigenvalue weighted by Gasteiger charge is -2.45. The average Bonchev–Trinajstić information content (AvgIpc) is 3.07. The van der Waals surface area contributed by atoms with Crippen LogP contribution in [0.4, 0.5) is 9.59 Å². The second kappa shape index (κ2) is 14.2. The Morgan fingerprint density at radius 3 is 1.65 bits per heavy atom. The van der Waals surface area contributed by atoms with Crippen LogP contribution >= 0.6 is 0 Å². The maximum Gasteiger partial charge on any atom is 0.407 e. The van der Waals surface area contributed by atoms with E-state index in [4.69, 9.17) is 13.9 Å². The third-order valence-electron chi connectivity index (χ3n) is 7.50. The first-order chi connectivity index (χ1) is 19.7. The molecule has 4 amide bonds. The van der Waals surface area contributed by atoms with Crippen molar-refractivity contribution in [2.45, 2.75) is 129 Å². The lowest BCUT2D eigenvalue weighted by Crippen LogP contribution is -2.55. The molecule has 1 aliphatic rings. The fraction of sp³-hybridized carbons (Fsp3) is 0.688. The van der Waals surface area contributed by atoms with E-state index in [1.165, 1.54) is 0 Å². The summed E-state index contributed by atoms with van der Waals surface area (Å²) in [5.41, 5.74) is -0.0191. The van der Waals surface area contributed by atoms with Crippen molar-refractivity contribution in [1.82, 2.24) is 15.5 Å². The van der Waals surface area contributed by atoms with Gasteiger partial charge in [-0.25, -0.2) is 9.59 Å². The second-order valence-corrected chi connectivity index (χ2v) is 19.7. The van der Waals surface area contributed by atoms with E-state index in [0.717, 1.165) is 4.90 Å². The van der Waals surface area contributed by atoms with Crippen LogP contribution in [0.2, 0.25) is 16.6 Å². The molecule has 1 aliphatic heterocycles. The summed E-state index contributed by atoms with van der Waals surface area (Å²) in [4.78, 5) is 53.3. The van der Waals surface area contributed by atoms with Crippen molar-refractivity contribution in [3.63, 3.8) is 0 Å². The van der Waals surface area contributed by atoms with Gasteiger partial charge in [-0.05, 0) is 76.7 Å². The second-order valence-electron chi connectivity index (χ2n) is 14.3. The van der Waals surface area contributed by atoms with Crippen LogP contribution in [-0.4, -0.2) is 73.7 Å². The number of alkyl carbamates (subject to hydrolysis) is 2. The zero-order valence-electron chi connectivity index (χ0n) is 28.1. The number of rotatable bonds is 12. The summed E-state index contributed by atoms with van der Waals surface area (Å²) < 4.78 is 18.1. The van der Waals surface area contributed by atoms with Gasteiger partial charge < -0.3 is 24.5 Å². The Kier molecular flexibility index (Phi) is 12.0. The summed E-state index contributed by atoms with van der Waals surface area (Å²) in [5, 5.41) is 5.73. The highest BCUT2D eigenvalue weighted by molar-refractivity contribution is 6.77. The normalized spacial score (nSPS) is 15.6. The van der Waals surface area contributed by atoms with Crippen LogP contribution in [0.25, 0.3) is 0 Å². The third kappa shape index (κ3) is 9.79. The Labute approximate surface area is 258 Å². The number of nitrogens with zero attached hydrogens (tertiary/aromatic N) is 1. The fourth-order valence-electron chi connectivity index (χ4n) is 5.98. The number of amides is 4. The lowest BCUT2D eigenvalue weighted by atomic mass is 10.1. The van der Waals surface area contributed by atoms with Gasteiger partial charge in [-0.2, -0.15) is 0 Å². The van der Waals surface area contributed by atoms with E-state index in [1.54, 1.807) is 65.8 Å². The van der Waals surface area contributed by atoms with E-state index in [0.29, 0.717) is 11.1 Å². The number of benzene rings is 1. The number of ether oxygens (including phenoxy) is 2. The molecule has 1 unspecified atom stereocenters. The number of carbonyl (C=O) groups excluding carboxylic acids is 4. The molecule has 1 aromatic rings. The number of hydrogen-bond donors (Lipinski definition) is 2. The molecule has 242 valence electrons. The monoisotopic (exact) mass is 619 g/mol. The Morgan fingerprint density at radius 2 is 1.23 bits per heavy atom. The minimum atomic E-state index is -2.46. The van der Waals surface area contributed by atoms with Gasteiger partial charge in [0.2, 0.25) is 8.32 Å². The van der Waals surface area contributed by atoms with Gasteiger partial charge in [0, 0.05) is 13.1 Å². The lowest BCUT2D eigenvalue weighted by molar-refractivity contribution is 0.0414. The van der Waals surface area contributed by atoms with Crippen LogP contribution in [0.3, 0.4) is 0 Å². The SMILES string of the molecule is CC(C)[Si](OC(CNC(=O)OC(C)(C)C)C[C@@H](CN1C(=O)c2ccccc2C1=O)NC(=O)OC(C)(C)C)(C(C)C)C(C)C. The summed E-state index contributed by atoms with van der Waals surface area (Å²) in [6, 6.07) is 5.95. The molecule has 0 aliphatic carbocycles. The molecular weight excluding hydrogens is 566 g/mol. The maximum absolute atomic E-state index is 13.3. The predicted octanol–water partition coefficient (Wildman–Crippen LogP) is 6.65. The molecule has 0 fully saturated rings. The van der Waals surface area contributed by atoms with Crippen LogP contribution in [0.5, 0.6) is 0 Å². The van der Waals surface area contributed by atoms with Gasteiger partial charge >= 0.3 is 12.2 Å². The highest BCUT2D eigenvalue weighted by Crippen LogP contribution is 2.43. The Morgan fingerprint density at radius 1 is 0.791 bits per heavy atom. The Bertz CT molecular complexity index is 1100. The van der Waals surface area contributed by atoms with Crippen molar-refractivity contribution in [2.24, 2.45) is 0 Å². The summed E-state index contributed by atoms with van der Waals surface area (Å²) in [6.45, 7) is 23.7. The van der Waals surface area contributed by atoms with Crippen LogP contribution < -0.4 is 10.6 Å². The van der Waals surface area contributed by atoms with E-state index in [1.807, 2.05) is 0 Å². The summed E-state index contributed by atoms with van der Waals surface area (Å²) in [6.07, 6.45) is -1.60. The number of imide groups is 1. The summed E-state index contributed by atoms with van der Waals surface area (Å²) in [7, 11) is -2.46. The van der Waals surface area contributed by atoms with E-state index in [9.17, 15) is 19.2 Å². The van der Waals surface area contributed by atoms with Gasteiger partial charge in [0.1, 0.15) is 11.2 Å². The van der Waals surface area contributed by atoms with E-state index in [-0.39, 0.29) is 36.1 Å². The fourth-order valence-corrected chi connectivity index (χ4v) is 11.6. The van der Waals surface area contributed by atoms with Crippen LogP contribution in [0.1, 0.15) is 110 Å². The Hall–Kier alpha value is -2.92. The molecule has 0 spiro atoms. The van der Waals surface area contributed by atoms with Crippen molar-refractivity contribution < 1.29 is 33.1 Å². The molecule has 1 aromatic carbocycles. The molecule has 0 bridgehead atoms. The number of nitrogens with one attached hydrogen (secondary N) is 2. The molecule has 2 N–H and O–H groups in total. The first-order valence-electron chi connectivity index (χ1n) is 15.3. The molecule has 11 heteroatoms.